The largest absolute Gasteiger partial charge is 0.488 e. The number of benzene rings is 2. The first-order valence-corrected chi connectivity index (χ1v) is 14.2. The maximum Gasteiger partial charge on any atom is 0.299 e. The van der Waals surface area contributed by atoms with E-state index < -0.39 is 47.5 Å². The number of rotatable bonds is 14. The van der Waals surface area contributed by atoms with Crippen LogP contribution in [0, 0.1) is 12.7 Å². The Morgan fingerprint density at radius 1 is 1.15 bits per heavy atom. The summed E-state index contributed by atoms with van der Waals surface area (Å²) in [5, 5.41) is 5.22. The molecular weight excluding hydrogens is 573 g/mol. The molecule has 0 saturated heterocycles. The quantitative estimate of drug-likeness (QED) is 0.290. The molecule has 0 radical (unpaired) electrons. The number of nitrogens with zero attached hydrogens (tertiary/aromatic N) is 2. The molecule has 3 aromatic rings. The number of halogens is 3. The monoisotopic (exact) mass is 600 g/mol. The van der Waals surface area contributed by atoms with Gasteiger partial charge in [0.2, 0.25) is 0 Å². The lowest BCUT2D eigenvalue weighted by Gasteiger charge is -2.22. The van der Waals surface area contributed by atoms with Crippen molar-refractivity contribution in [1.29, 1.82) is 0 Å². The number of aryl methyl sites for hydroxylation is 2. The molecule has 10 nitrogen and oxygen atoms in total. The number of amides is 2. The molecule has 0 unspecified atom stereocenters. The molecule has 0 saturated carbocycles. The van der Waals surface area contributed by atoms with Crippen LogP contribution in [0.5, 0.6) is 11.5 Å². The van der Waals surface area contributed by atoms with Gasteiger partial charge in [0, 0.05) is 17.5 Å². The van der Waals surface area contributed by atoms with E-state index in [0.717, 1.165) is 23.0 Å². The molecule has 3 rings (SSSR count). The standard InChI is InChI=1S/C25H27F3N4O6S2/c1-16-24(25(34)31-40(29,35)36)30-22(39-16)13-32(11-5-8-17-6-3-2-4-7-17)23(33)15-38-20-10-9-18(12-19(20)26)37-14-21(27)28/h2-4,6-7,9-10,12,21H,5,8,11,13-15H2,1H3,(H,31,34)(H2,29,35,36). The fraction of sp³-hybridized carbons (Fsp3) is 0.320. The van der Waals surface area contributed by atoms with Gasteiger partial charge in [-0.2, -0.15) is 8.42 Å². The molecule has 1 aromatic heterocycles. The summed E-state index contributed by atoms with van der Waals surface area (Å²) in [5.41, 5.74) is 0.924. The fourth-order valence-corrected chi connectivity index (χ4v) is 4.86. The van der Waals surface area contributed by atoms with E-state index in [1.54, 1.807) is 11.6 Å². The second-order valence-electron chi connectivity index (χ2n) is 8.48. The van der Waals surface area contributed by atoms with Crippen LogP contribution in [0.15, 0.2) is 48.5 Å². The highest BCUT2D eigenvalue weighted by atomic mass is 32.2. The van der Waals surface area contributed by atoms with Crippen LogP contribution in [-0.4, -0.2) is 56.3 Å². The predicted molar refractivity (Wildman–Crippen MR) is 141 cm³/mol. The van der Waals surface area contributed by atoms with Gasteiger partial charge in [-0.3, -0.25) is 9.59 Å². The molecule has 0 aliphatic rings. The van der Waals surface area contributed by atoms with E-state index in [4.69, 9.17) is 14.6 Å². The predicted octanol–water partition coefficient (Wildman–Crippen LogP) is 3.21. The number of hydrogen-bond acceptors (Lipinski definition) is 8. The summed E-state index contributed by atoms with van der Waals surface area (Å²) < 4.78 is 73.2. The van der Waals surface area contributed by atoms with E-state index in [0.29, 0.717) is 22.7 Å². The lowest BCUT2D eigenvalue weighted by atomic mass is 10.1. The van der Waals surface area contributed by atoms with Gasteiger partial charge in [-0.1, -0.05) is 30.3 Å². The van der Waals surface area contributed by atoms with Crippen LogP contribution in [0.4, 0.5) is 13.2 Å². The number of carbonyl (C=O) groups is 2. The van der Waals surface area contributed by atoms with Gasteiger partial charge in [0.1, 0.15) is 23.1 Å². The molecule has 15 heteroatoms. The van der Waals surface area contributed by atoms with E-state index in [1.165, 1.54) is 17.0 Å². The Morgan fingerprint density at radius 2 is 1.88 bits per heavy atom. The second-order valence-corrected chi connectivity index (χ2v) is 11.1. The van der Waals surface area contributed by atoms with E-state index >= 15 is 0 Å². The van der Waals surface area contributed by atoms with E-state index in [2.05, 4.69) is 4.98 Å². The summed E-state index contributed by atoms with van der Waals surface area (Å²) in [4.78, 5) is 31.4. The molecule has 0 aliphatic heterocycles. The molecule has 1 heterocycles. The first kappa shape index (κ1) is 30.8. The summed E-state index contributed by atoms with van der Waals surface area (Å²) >= 11 is 1.10. The average molecular weight is 601 g/mol. The zero-order chi connectivity index (χ0) is 29.3. The molecule has 216 valence electrons. The minimum absolute atomic E-state index is 0.0198. The van der Waals surface area contributed by atoms with Crippen molar-refractivity contribution in [3.8, 4) is 11.5 Å². The molecule has 2 amide bonds. The molecule has 0 spiro atoms. The number of nitrogens with two attached hydrogens (primary N) is 1. The zero-order valence-corrected chi connectivity index (χ0v) is 22.9. The maximum absolute atomic E-state index is 14.4. The summed E-state index contributed by atoms with van der Waals surface area (Å²) in [7, 11) is -4.29. The number of hydrogen-bond donors (Lipinski definition) is 2. The summed E-state index contributed by atoms with van der Waals surface area (Å²) in [5.74, 6) is -2.77. The summed E-state index contributed by atoms with van der Waals surface area (Å²) in [6, 6.07) is 12.9. The van der Waals surface area contributed by atoms with Crippen molar-refractivity contribution in [2.24, 2.45) is 5.14 Å². The highest BCUT2D eigenvalue weighted by Crippen LogP contribution is 2.24. The topological polar surface area (TPSA) is 141 Å². The molecule has 0 atom stereocenters. The molecule has 0 fully saturated rings. The van der Waals surface area contributed by atoms with Crippen molar-refractivity contribution in [2.45, 2.75) is 32.7 Å². The van der Waals surface area contributed by atoms with E-state index in [9.17, 15) is 31.2 Å². The number of thiazole rings is 1. The highest BCUT2D eigenvalue weighted by Gasteiger charge is 2.22. The molecule has 0 aliphatic carbocycles. The van der Waals surface area contributed by atoms with Crippen LogP contribution in [0.1, 0.15) is 32.4 Å². The highest BCUT2D eigenvalue weighted by molar-refractivity contribution is 7.87. The van der Waals surface area contributed by atoms with E-state index in [1.807, 2.05) is 30.3 Å². The van der Waals surface area contributed by atoms with Crippen LogP contribution >= 0.6 is 11.3 Å². The Bertz CT molecular complexity index is 1420. The van der Waals surface area contributed by atoms with Crippen LogP contribution < -0.4 is 19.3 Å². The Hall–Kier alpha value is -3.69. The van der Waals surface area contributed by atoms with Gasteiger partial charge in [0.25, 0.3) is 28.4 Å². The number of nitrogens with one attached hydrogen (secondary N) is 1. The van der Waals surface area contributed by atoms with Crippen molar-refractivity contribution in [3.05, 3.63) is 75.5 Å². The van der Waals surface area contributed by atoms with Crippen molar-refractivity contribution in [2.75, 3.05) is 19.8 Å². The average Bonchev–Trinajstić information content (AvgIpc) is 3.26. The lowest BCUT2D eigenvalue weighted by Crippen LogP contribution is -2.37. The van der Waals surface area contributed by atoms with Crippen molar-refractivity contribution in [1.82, 2.24) is 14.6 Å². The SMILES string of the molecule is Cc1sc(CN(CCCc2ccccc2)C(=O)COc2ccc(OCC(F)F)cc2F)nc1C(=O)NS(N)(=O)=O. The molecular formula is C25H27F3N4O6S2. The first-order valence-electron chi connectivity index (χ1n) is 11.9. The Balaban J connectivity index is 1.70. The number of alkyl halides is 2. The zero-order valence-electron chi connectivity index (χ0n) is 21.3. The Morgan fingerprint density at radius 3 is 2.52 bits per heavy atom. The first-order chi connectivity index (χ1) is 18.9. The maximum atomic E-state index is 14.4. The van der Waals surface area contributed by atoms with E-state index in [-0.39, 0.29) is 30.3 Å². The smallest absolute Gasteiger partial charge is 0.299 e. The van der Waals surface area contributed by atoms with Gasteiger partial charge in [0.05, 0.1) is 6.54 Å². The molecule has 40 heavy (non-hydrogen) atoms. The van der Waals surface area contributed by atoms with Gasteiger partial charge in [0.15, 0.2) is 18.2 Å². The Labute approximate surface area is 233 Å². The summed E-state index contributed by atoms with van der Waals surface area (Å²) in [6.45, 7) is 0.396. The third-order valence-corrected chi connectivity index (χ3v) is 6.76. The van der Waals surface area contributed by atoms with Gasteiger partial charge < -0.3 is 14.4 Å². The van der Waals surface area contributed by atoms with Crippen LogP contribution in [0.2, 0.25) is 0 Å². The third-order valence-electron chi connectivity index (χ3n) is 5.34. The van der Waals surface area contributed by atoms with Crippen LogP contribution in [0.3, 0.4) is 0 Å². The molecule has 2 aromatic carbocycles. The third kappa shape index (κ3) is 9.81. The van der Waals surface area contributed by atoms with Crippen molar-refractivity contribution < 1.29 is 40.7 Å². The van der Waals surface area contributed by atoms with Gasteiger partial charge in [-0.15, -0.1) is 11.3 Å². The van der Waals surface area contributed by atoms with Gasteiger partial charge >= 0.3 is 0 Å². The van der Waals surface area contributed by atoms with Crippen LogP contribution in [-0.2, 0) is 28.0 Å². The second kappa shape index (κ2) is 14.1. The number of carbonyl (C=O) groups excluding carboxylic acids is 2. The Kier molecular flexibility index (Phi) is 10.9. The minimum atomic E-state index is -4.29. The fourth-order valence-electron chi connectivity index (χ4n) is 3.56. The van der Waals surface area contributed by atoms with Gasteiger partial charge in [-0.05, 0) is 37.5 Å². The van der Waals surface area contributed by atoms with Crippen molar-refractivity contribution >= 4 is 33.4 Å². The number of aromatic nitrogens is 1. The lowest BCUT2D eigenvalue weighted by molar-refractivity contribution is -0.134. The number of ether oxygens (including phenoxy) is 2. The molecule has 0 bridgehead atoms. The van der Waals surface area contributed by atoms with Gasteiger partial charge in [-0.25, -0.2) is 28.0 Å². The normalized spacial score (nSPS) is 11.3. The minimum Gasteiger partial charge on any atom is -0.488 e. The van der Waals surface area contributed by atoms with Crippen LogP contribution in [0.25, 0.3) is 0 Å². The molecule has 3 N–H and O–H groups in total. The summed E-state index contributed by atoms with van der Waals surface area (Å²) in [6.07, 6.45) is -1.48. The van der Waals surface area contributed by atoms with Crippen molar-refractivity contribution in [3.63, 3.8) is 0 Å².